The number of aromatic nitrogens is 4. The molecule has 6 rings (SSSR count). The van der Waals surface area contributed by atoms with E-state index >= 15 is 0 Å². The molecular formula is C27H18N4O3. The maximum atomic E-state index is 12.9. The standard InChI is InChI=1S/C27H18N4O3/c1-15-7-10-23(34-15)25-19(16-8-9-21-17(12-16)4-3-11-28-21)13-18-14-20(27(33)31-26(18)30-25)22-5-2-6-24(32)29-22/h2-14H,1H3,(H,29,32)(H,30,31,33). The molecule has 0 amide bonds. The Bertz CT molecular complexity index is 1830. The average molecular weight is 446 g/mol. The molecule has 0 bridgehead atoms. The van der Waals surface area contributed by atoms with Crippen molar-refractivity contribution in [3.8, 4) is 33.8 Å². The van der Waals surface area contributed by atoms with Crippen LogP contribution < -0.4 is 11.1 Å². The van der Waals surface area contributed by atoms with Gasteiger partial charge in [-0.05, 0) is 61.0 Å². The highest BCUT2D eigenvalue weighted by Crippen LogP contribution is 2.35. The van der Waals surface area contributed by atoms with Gasteiger partial charge in [0.15, 0.2) is 5.76 Å². The second-order valence-electron chi connectivity index (χ2n) is 8.08. The van der Waals surface area contributed by atoms with E-state index < -0.39 is 0 Å². The van der Waals surface area contributed by atoms with Crippen LogP contribution in [0.4, 0.5) is 0 Å². The lowest BCUT2D eigenvalue weighted by Crippen LogP contribution is -2.13. The summed E-state index contributed by atoms with van der Waals surface area (Å²) >= 11 is 0. The van der Waals surface area contributed by atoms with Gasteiger partial charge in [0.1, 0.15) is 17.1 Å². The van der Waals surface area contributed by atoms with Crippen LogP contribution >= 0.6 is 0 Å². The lowest BCUT2D eigenvalue weighted by molar-refractivity contribution is 0.547. The molecule has 0 unspecified atom stereocenters. The van der Waals surface area contributed by atoms with Crippen molar-refractivity contribution in [2.24, 2.45) is 0 Å². The number of fused-ring (bicyclic) bond motifs is 2. The van der Waals surface area contributed by atoms with E-state index in [0.717, 1.165) is 33.2 Å². The van der Waals surface area contributed by atoms with Gasteiger partial charge >= 0.3 is 0 Å². The minimum atomic E-state index is -0.340. The third-order valence-corrected chi connectivity index (χ3v) is 5.77. The summed E-state index contributed by atoms with van der Waals surface area (Å²) in [4.78, 5) is 39.4. The average Bonchev–Trinajstić information content (AvgIpc) is 3.28. The number of rotatable bonds is 3. The molecule has 6 aromatic rings. The van der Waals surface area contributed by atoms with E-state index in [1.807, 2.05) is 49.4 Å². The maximum Gasteiger partial charge on any atom is 0.258 e. The van der Waals surface area contributed by atoms with Gasteiger partial charge in [-0.15, -0.1) is 0 Å². The molecule has 34 heavy (non-hydrogen) atoms. The van der Waals surface area contributed by atoms with Crippen LogP contribution in [0.1, 0.15) is 5.76 Å². The number of furan rings is 1. The van der Waals surface area contributed by atoms with Crippen molar-refractivity contribution in [1.29, 1.82) is 0 Å². The number of hydrogen-bond acceptors (Lipinski definition) is 5. The van der Waals surface area contributed by atoms with Crippen LogP contribution in [-0.2, 0) is 0 Å². The quantitative estimate of drug-likeness (QED) is 0.395. The van der Waals surface area contributed by atoms with Crippen LogP contribution in [0.3, 0.4) is 0 Å². The molecule has 164 valence electrons. The van der Waals surface area contributed by atoms with Crippen molar-refractivity contribution < 1.29 is 4.42 Å². The normalized spacial score (nSPS) is 11.3. The molecule has 7 heteroatoms. The molecule has 0 saturated heterocycles. The lowest BCUT2D eigenvalue weighted by Gasteiger charge is -2.11. The summed E-state index contributed by atoms with van der Waals surface area (Å²) in [6.45, 7) is 1.88. The maximum absolute atomic E-state index is 12.9. The Hall–Kier alpha value is -4.78. The van der Waals surface area contributed by atoms with Gasteiger partial charge in [-0.25, -0.2) is 4.98 Å². The van der Waals surface area contributed by atoms with Gasteiger partial charge in [-0.2, -0.15) is 0 Å². The molecule has 0 atom stereocenters. The lowest BCUT2D eigenvalue weighted by atomic mass is 9.99. The molecule has 0 saturated carbocycles. The molecule has 0 aliphatic rings. The van der Waals surface area contributed by atoms with E-state index in [1.165, 1.54) is 6.07 Å². The van der Waals surface area contributed by atoms with E-state index in [1.54, 1.807) is 24.4 Å². The van der Waals surface area contributed by atoms with E-state index in [4.69, 9.17) is 9.40 Å². The number of aryl methyl sites for hydroxylation is 1. The van der Waals surface area contributed by atoms with E-state index in [-0.39, 0.29) is 11.1 Å². The molecule has 1 aromatic carbocycles. The summed E-state index contributed by atoms with van der Waals surface area (Å²) in [5.41, 5.74) is 3.95. The second-order valence-corrected chi connectivity index (χ2v) is 8.08. The van der Waals surface area contributed by atoms with Crippen LogP contribution in [0.5, 0.6) is 0 Å². The molecular weight excluding hydrogens is 428 g/mol. The van der Waals surface area contributed by atoms with Crippen molar-refractivity contribution >= 4 is 21.9 Å². The van der Waals surface area contributed by atoms with Gasteiger partial charge in [-0.1, -0.05) is 18.2 Å². The molecule has 7 nitrogen and oxygen atoms in total. The van der Waals surface area contributed by atoms with Crippen LogP contribution in [0.25, 0.3) is 55.8 Å². The number of nitrogens with zero attached hydrogens (tertiary/aromatic N) is 2. The summed E-state index contributed by atoms with van der Waals surface area (Å²) < 4.78 is 5.90. The summed E-state index contributed by atoms with van der Waals surface area (Å²) in [6, 6.07) is 22.1. The SMILES string of the molecule is Cc1ccc(-c2nc3[nH]c(=O)c(-c4cccc(=O)[nH]4)cc3cc2-c2ccc3ncccc3c2)o1. The Labute approximate surface area is 192 Å². The number of pyridine rings is 4. The summed E-state index contributed by atoms with van der Waals surface area (Å²) in [6.07, 6.45) is 1.77. The van der Waals surface area contributed by atoms with Gasteiger partial charge in [0, 0.05) is 28.6 Å². The Morgan fingerprint density at radius 2 is 1.71 bits per heavy atom. The van der Waals surface area contributed by atoms with E-state index in [0.29, 0.717) is 28.4 Å². The third kappa shape index (κ3) is 3.40. The number of H-pyrrole nitrogens is 2. The minimum Gasteiger partial charge on any atom is -0.460 e. The zero-order valence-corrected chi connectivity index (χ0v) is 18.1. The van der Waals surface area contributed by atoms with Gasteiger partial charge in [0.25, 0.3) is 5.56 Å². The molecule has 0 radical (unpaired) electrons. The largest absolute Gasteiger partial charge is 0.460 e. The van der Waals surface area contributed by atoms with Gasteiger partial charge < -0.3 is 14.4 Å². The molecule has 2 N–H and O–H groups in total. The van der Waals surface area contributed by atoms with Crippen molar-refractivity contribution in [1.82, 2.24) is 19.9 Å². The Kier molecular flexibility index (Phi) is 4.48. The van der Waals surface area contributed by atoms with Gasteiger partial charge in [-0.3, -0.25) is 14.6 Å². The fourth-order valence-electron chi connectivity index (χ4n) is 4.15. The smallest absolute Gasteiger partial charge is 0.258 e. The first-order chi connectivity index (χ1) is 16.5. The second kappa shape index (κ2) is 7.67. The number of aromatic amines is 2. The fourth-order valence-corrected chi connectivity index (χ4v) is 4.15. The Morgan fingerprint density at radius 1 is 0.824 bits per heavy atom. The highest BCUT2D eigenvalue weighted by molar-refractivity contribution is 5.93. The molecule has 5 aromatic heterocycles. The zero-order chi connectivity index (χ0) is 23.2. The highest BCUT2D eigenvalue weighted by atomic mass is 16.3. The molecule has 0 aliphatic heterocycles. The minimum absolute atomic E-state index is 0.274. The molecule has 0 spiro atoms. The monoisotopic (exact) mass is 446 g/mol. The first kappa shape index (κ1) is 19.9. The predicted molar refractivity (Wildman–Crippen MR) is 132 cm³/mol. The van der Waals surface area contributed by atoms with Crippen molar-refractivity contribution in [3.05, 3.63) is 105 Å². The number of nitrogens with one attached hydrogen (secondary N) is 2. The Balaban J connectivity index is 1.63. The van der Waals surface area contributed by atoms with Crippen molar-refractivity contribution in [2.75, 3.05) is 0 Å². The number of benzene rings is 1. The van der Waals surface area contributed by atoms with E-state index in [9.17, 15) is 9.59 Å². The summed E-state index contributed by atoms with van der Waals surface area (Å²) in [5.74, 6) is 1.38. The fraction of sp³-hybridized carbons (Fsp3) is 0.0370. The van der Waals surface area contributed by atoms with Crippen LogP contribution in [0.15, 0.2) is 93.0 Å². The van der Waals surface area contributed by atoms with Crippen molar-refractivity contribution in [2.45, 2.75) is 6.92 Å². The first-order valence-electron chi connectivity index (χ1n) is 10.7. The number of hydrogen-bond donors (Lipinski definition) is 2. The third-order valence-electron chi connectivity index (χ3n) is 5.77. The van der Waals surface area contributed by atoms with Crippen LogP contribution in [0.2, 0.25) is 0 Å². The van der Waals surface area contributed by atoms with Gasteiger partial charge in [0.2, 0.25) is 5.56 Å². The van der Waals surface area contributed by atoms with Crippen molar-refractivity contribution in [3.63, 3.8) is 0 Å². The summed E-state index contributed by atoms with van der Waals surface area (Å²) in [7, 11) is 0. The molecule has 5 heterocycles. The Morgan fingerprint density at radius 3 is 2.53 bits per heavy atom. The zero-order valence-electron chi connectivity index (χ0n) is 18.1. The first-order valence-corrected chi connectivity index (χ1v) is 10.7. The summed E-state index contributed by atoms with van der Waals surface area (Å²) in [5, 5.41) is 1.73. The highest BCUT2D eigenvalue weighted by Gasteiger charge is 2.17. The molecule has 0 fully saturated rings. The predicted octanol–water partition coefficient (Wildman–Crippen LogP) is 5.06. The van der Waals surface area contributed by atoms with Crippen LogP contribution in [0, 0.1) is 6.92 Å². The topological polar surface area (TPSA) is 105 Å². The van der Waals surface area contributed by atoms with Gasteiger partial charge in [0.05, 0.1) is 16.8 Å². The van der Waals surface area contributed by atoms with E-state index in [2.05, 4.69) is 21.0 Å². The molecule has 0 aliphatic carbocycles. The van der Waals surface area contributed by atoms with Crippen LogP contribution in [-0.4, -0.2) is 19.9 Å².